The number of nitrogens with zero attached hydrogens (tertiary/aromatic N) is 2. The van der Waals surface area contributed by atoms with E-state index >= 15 is 0 Å². The second kappa shape index (κ2) is 5.14. The number of hydrogen-bond donors (Lipinski definition) is 1. The fourth-order valence-electron chi connectivity index (χ4n) is 2.09. The predicted molar refractivity (Wildman–Crippen MR) is 60.7 cm³/mol. The van der Waals surface area contributed by atoms with Crippen molar-refractivity contribution in [1.82, 2.24) is 9.88 Å². The van der Waals surface area contributed by atoms with Crippen LogP contribution in [0.2, 0.25) is 0 Å². The van der Waals surface area contributed by atoms with Gasteiger partial charge in [-0.2, -0.15) is 0 Å². The molecule has 1 amide bonds. The molecular formula is C12H20N3O+. The van der Waals surface area contributed by atoms with E-state index in [2.05, 4.69) is 40.1 Å². The number of carbonyl (C=O) groups is 1. The summed E-state index contributed by atoms with van der Waals surface area (Å²) in [6.45, 7) is 4.18. The molecule has 0 spiro atoms. The van der Waals surface area contributed by atoms with Crippen molar-refractivity contribution in [2.24, 2.45) is 0 Å². The number of imidazole rings is 1. The zero-order valence-corrected chi connectivity index (χ0v) is 9.85. The van der Waals surface area contributed by atoms with Gasteiger partial charge in [-0.1, -0.05) is 13.3 Å². The normalized spacial score (nSPS) is 20.1. The summed E-state index contributed by atoms with van der Waals surface area (Å²) in [5, 5.41) is 2.99. The molecule has 2 heterocycles. The Morgan fingerprint density at radius 2 is 2.50 bits per heavy atom. The number of unbranched alkanes of at least 4 members (excludes halogenated alkanes) is 1. The molecule has 0 radical (unpaired) electrons. The van der Waals surface area contributed by atoms with Crippen LogP contribution in [0.4, 0.5) is 0 Å². The Labute approximate surface area is 96.3 Å². The van der Waals surface area contributed by atoms with E-state index < -0.39 is 0 Å². The maximum atomic E-state index is 11.1. The SMILES string of the molecule is CCCCn1cc[n+](C[C@@H]2CCC(=O)N2)c1. The van der Waals surface area contributed by atoms with E-state index in [0.717, 1.165) is 19.5 Å². The first-order chi connectivity index (χ1) is 7.78. The first kappa shape index (κ1) is 11.2. The van der Waals surface area contributed by atoms with Gasteiger partial charge in [0.1, 0.15) is 18.9 Å². The van der Waals surface area contributed by atoms with Crippen LogP contribution in [0.5, 0.6) is 0 Å². The Balaban J connectivity index is 1.85. The lowest BCUT2D eigenvalue weighted by atomic mass is 10.2. The Morgan fingerprint density at radius 1 is 1.62 bits per heavy atom. The first-order valence-electron chi connectivity index (χ1n) is 6.12. The fraction of sp³-hybridized carbons (Fsp3) is 0.667. The van der Waals surface area contributed by atoms with Crippen molar-refractivity contribution in [3.05, 3.63) is 18.7 Å². The van der Waals surface area contributed by atoms with Gasteiger partial charge in [0.2, 0.25) is 12.2 Å². The lowest BCUT2D eigenvalue weighted by molar-refractivity contribution is -0.698. The van der Waals surface area contributed by atoms with Crippen molar-refractivity contribution < 1.29 is 9.36 Å². The van der Waals surface area contributed by atoms with Crippen molar-refractivity contribution in [3.8, 4) is 0 Å². The molecule has 0 saturated carbocycles. The van der Waals surface area contributed by atoms with Crippen LogP contribution in [-0.4, -0.2) is 16.5 Å². The Bertz CT molecular complexity index is 359. The Morgan fingerprint density at radius 3 is 3.19 bits per heavy atom. The largest absolute Gasteiger partial charge is 0.349 e. The highest BCUT2D eigenvalue weighted by Gasteiger charge is 2.22. The van der Waals surface area contributed by atoms with Gasteiger partial charge in [-0.3, -0.25) is 4.79 Å². The number of nitrogens with one attached hydrogen (secondary N) is 1. The quantitative estimate of drug-likeness (QED) is 0.737. The fourth-order valence-corrected chi connectivity index (χ4v) is 2.09. The van der Waals surface area contributed by atoms with Gasteiger partial charge in [0.25, 0.3) is 0 Å². The number of hydrogen-bond acceptors (Lipinski definition) is 1. The number of aromatic nitrogens is 2. The molecule has 0 aromatic carbocycles. The van der Waals surface area contributed by atoms with Crippen LogP contribution in [0, 0.1) is 0 Å². The lowest BCUT2D eigenvalue weighted by Gasteiger charge is -2.05. The van der Waals surface area contributed by atoms with Gasteiger partial charge in [-0.05, 0) is 12.8 Å². The van der Waals surface area contributed by atoms with E-state index in [1.54, 1.807) is 0 Å². The number of carbonyl (C=O) groups excluding carboxylic acids is 1. The molecule has 1 atom stereocenters. The number of rotatable bonds is 5. The highest BCUT2D eigenvalue weighted by molar-refractivity contribution is 5.78. The Hall–Kier alpha value is -1.32. The molecule has 1 fully saturated rings. The van der Waals surface area contributed by atoms with Gasteiger partial charge >= 0.3 is 0 Å². The van der Waals surface area contributed by atoms with Crippen molar-refractivity contribution in [2.45, 2.75) is 51.7 Å². The van der Waals surface area contributed by atoms with Crippen molar-refractivity contribution in [1.29, 1.82) is 0 Å². The van der Waals surface area contributed by atoms with E-state index in [1.807, 2.05) is 0 Å². The minimum Gasteiger partial charge on any atom is -0.349 e. The predicted octanol–water partition coefficient (Wildman–Crippen LogP) is 0.854. The zero-order valence-electron chi connectivity index (χ0n) is 9.85. The number of amides is 1. The molecular weight excluding hydrogens is 202 g/mol. The molecule has 1 saturated heterocycles. The highest BCUT2D eigenvalue weighted by atomic mass is 16.1. The van der Waals surface area contributed by atoms with Crippen LogP contribution in [0.15, 0.2) is 18.7 Å². The molecule has 1 aliphatic heterocycles. The second-order valence-corrected chi connectivity index (χ2v) is 4.50. The highest BCUT2D eigenvalue weighted by Crippen LogP contribution is 2.06. The van der Waals surface area contributed by atoms with E-state index in [1.165, 1.54) is 12.8 Å². The van der Waals surface area contributed by atoms with Crippen molar-refractivity contribution in [2.75, 3.05) is 0 Å². The summed E-state index contributed by atoms with van der Waals surface area (Å²) in [4.78, 5) is 11.1. The van der Waals surface area contributed by atoms with Gasteiger partial charge < -0.3 is 5.32 Å². The summed E-state index contributed by atoms with van der Waals surface area (Å²) < 4.78 is 4.37. The second-order valence-electron chi connectivity index (χ2n) is 4.50. The molecule has 1 aliphatic rings. The van der Waals surface area contributed by atoms with Gasteiger partial charge in [0, 0.05) is 6.42 Å². The molecule has 88 valence electrons. The average molecular weight is 222 g/mol. The molecule has 4 heteroatoms. The van der Waals surface area contributed by atoms with Gasteiger partial charge in [0.05, 0.1) is 12.6 Å². The third-order valence-electron chi connectivity index (χ3n) is 3.03. The van der Waals surface area contributed by atoms with Crippen molar-refractivity contribution >= 4 is 5.91 Å². The Kier molecular flexibility index (Phi) is 3.59. The van der Waals surface area contributed by atoms with E-state index in [0.29, 0.717) is 12.5 Å². The van der Waals surface area contributed by atoms with E-state index in [4.69, 9.17) is 0 Å². The molecule has 0 bridgehead atoms. The van der Waals surface area contributed by atoms with Crippen LogP contribution in [0.1, 0.15) is 32.6 Å². The molecule has 4 nitrogen and oxygen atoms in total. The topological polar surface area (TPSA) is 37.9 Å². The number of aryl methyl sites for hydroxylation is 1. The molecule has 1 N–H and O–H groups in total. The molecule has 16 heavy (non-hydrogen) atoms. The zero-order chi connectivity index (χ0) is 11.4. The van der Waals surface area contributed by atoms with Crippen LogP contribution >= 0.6 is 0 Å². The summed E-state index contributed by atoms with van der Waals surface area (Å²) in [6.07, 6.45) is 10.4. The summed E-state index contributed by atoms with van der Waals surface area (Å²) >= 11 is 0. The summed E-state index contributed by atoms with van der Waals surface area (Å²) in [6, 6.07) is 0.319. The van der Waals surface area contributed by atoms with Gasteiger partial charge in [-0.25, -0.2) is 9.13 Å². The molecule has 2 rings (SSSR count). The van der Waals surface area contributed by atoms with Gasteiger partial charge in [0.15, 0.2) is 0 Å². The standard InChI is InChI=1S/C12H19N3O/c1-2-3-6-14-7-8-15(10-14)9-11-4-5-12(16)13-11/h7-8,10-11H,2-6,9H2,1H3/p+1/t11-/m0/s1. The first-order valence-corrected chi connectivity index (χ1v) is 6.12. The van der Waals surface area contributed by atoms with Crippen LogP contribution in [0.25, 0.3) is 0 Å². The van der Waals surface area contributed by atoms with Crippen LogP contribution < -0.4 is 9.88 Å². The van der Waals surface area contributed by atoms with E-state index in [9.17, 15) is 4.79 Å². The van der Waals surface area contributed by atoms with Crippen LogP contribution in [-0.2, 0) is 17.9 Å². The smallest absolute Gasteiger partial charge is 0.243 e. The van der Waals surface area contributed by atoms with E-state index in [-0.39, 0.29) is 5.91 Å². The summed E-state index contributed by atoms with van der Waals surface area (Å²) in [5.41, 5.74) is 0. The summed E-state index contributed by atoms with van der Waals surface area (Å²) in [5.74, 6) is 0.191. The molecule has 1 aromatic rings. The maximum absolute atomic E-state index is 11.1. The summed E-state index contributed by atoms with van der Waals surface area (Å²) in [7, 11) is 0. The minimum atomic E-state index is 0.191. The molecule has 0 aliphatic carbocycles. The van der Waals surface area contributed by atoms with Gasteiger partial charge in [-0.15, -0.1) is 0 Å². The lowest BCUT2D eigenvalue weighted by Crippen LogP contribution is -2.42. The monoisotopic (exact) mass is 222 g/mol. The molecule has 1 aromatic heterocycles. The minimum absolute atomic E-state index is 0.191. The van der Waals surface area contributed by atoms with Crippen molar-refractivity contribution in [3.63, 3.8) is 0 Å². The third-order valence-corrected chi connectivity index (χ3v) is 3.03. The third kappa shape index (κ3) is 2.84. The maximum Gasteiger partial charge on any atom is 0.243 e. The molecule has 0 unspecified atom stereocenters. The average Bonchev–Trinajstić information content (AvgIpc) is 2.86. The van der Waals surface area contributed by atoms with Crippen LogP contribution in [0.3, 0.4) is 0 Å².